The molecule has 0 saturated heterocycles. The minimum absolute atomic E-state index is 0.591. The van der Waals surface area contributed by atoms with Crippen LogP contribution in [-0.2, 0) is 0 Å². The largest absolute Gasteiger partial charge is 0.494 e. The van der Waals surface area contributed by atoms with E-state index in [4.69, 9.17) is 14.9 Å². The van der Waals surface area contributed by atoms with Crippen molar-refractivity contribution in [3.8, 4) is 16.5 Å². The zero-order chi connectivity index (χ0) is 12.7. The molecule has 5 heteroatoms. The normalized spacial score (nSPS) is 11.0. The van der Waals surface area contributed by atoms with Crippen LogP contribution in [0.3, 0.4) is 0 Å². The van der Waals surface area contributed by atoms with E-state index in [9.17, 15) is 0 Å². The summed E-state index contributed by atoms with van der Waals surface area (Å²) < 4.78 is 11.0. The standard InChI is InChI=1S/C13H12N2O2S/c1-7-6-10(14)18-12(7)13-15-11-8(16-2)4-3-5-9(11)17-13/h3-6H,14H2,1-2H3. The highest BCUT2D eigenvalue weighted by molar-refractivity contribution is 7.19. The molecule has 3 rings (SSSR count). The fourth-order valence-corrected chi connectivity index (χ4v) is 2.77. The SMILES string of the molecule is COc1cccc2oc(-c3sc(N)cc3C)nc12. The highest BCUT2D eigenvalue weighted by Gasteiger charge is 2.15. The van der Waals surface area contributed by atoms with Crippen LogP contribution in [0, 0.1) is 6.92 Å². The van der Waals surface area contributed by atoms with Gasteiger partial charge in [0.15, 0.2) is 11.1 Å². The van der Waals surface area contributed by atoms with Gasteiger partial charge in [-0.25, -0.2) is 4.98 Å². The Morgan fingerprint density at radius 1 is 1.39 bits per heavy atom. The van der Waals surface area contributed by atoms with Gasteiger partial charge in [0.1, 0.15) is 5.75 Å². The molecule has 0 unspecified atom stereocenters. The number of nitrogen functional groups attached to an aromatic ring is 1. The van der Waals surface area contributed by atoms with Gasteiger partial charge in [-0.15, -0.1) is 11.3 Å². The van der Waals surface area contributed by atoms with Crippen molar-refractivity contribution in [3.05, 3.63) is 29.8 Å². The van der Waals surface area contributed by atoms with Crippen LogP contribution >= 0.6 is 11.3 Å². The number of benzene rings is 1. The summed E-state index contributed by atoms with van der Waals surface area (Å²) in [4.78, 5) is 5.45. The molecule has 0 amide bonds. The van der Waals surface area contributed by atoms with Crippen molar-refractivity contribution < 1.29 is 9.15 Å². The van der Waals surface area contributed by atoms with E-state index in [1.54, 1.807) is 7.11 Å². The number of nitrogens with two attached hydrogens (primary N) is 1. The number of rotatable bonds is 2. The van der Waals surface area contributed by atoms with Gasteiger partial charge in [0, 0.05) is 0 Å². The van der Waals surface area contributed by atoms with E-state index < -0.39 is 0 Å². The van der Waals surface area contributed by atoms with Crippen LogP contribution in [0.4, 0.5) is 5.00 Å². The average Bonchev–Trinajstić information content (AvgIpc) is 2.91. The number of methoxy groups -OCH3 is 1. The van der Waals surface area contributed by atoms with Gasteiger partial charge in [-0.2, -0.15) is 0 Å². The number of para-hydroxylation sites is 1. The highest BCUT2D eigenvalue weighted by Crippen LogP contribution is 2.36. The lowest BCUT2D eigenvalue weighted by Crippen LogP contribution is -1.83. The van der Waals surface area contributed by atoms with Crippen LogP contribution in [0.5, 0.6) is 5.75 Å². The van der Waals surface area contributed by atoms with Gasteiger partial charge in [0.05, 0.1) is 17.0 Å². The van der Waals surface area contributed by atoms with E-state index in [2.05, 4.69) is 4.98 Å². The van der Waals surface area contributed by atoms with Gasteiger partial charge in [-0.05, 0) is 30.7 Å². The van der Waals surface area contributed by atoms with E-state index in [1.165, 1.54) is 11.3 Å². The number of aromatic nitrogens is 1. The lowest BCUT2D eigenvalue weighted by atomic mass is 10.3. The van der Waals surface area contributed by atoms with Crippen LogP contribution in [0.25, 0.3) is 21.9 Å². The third kappa shape index (κ3) is 1.64. The van der Waals surface area contributed by atoms with Gasteiger partial charge in [0.25, 0.3) is 0 Å². The average molecular weight is 260 g/mol. The van der Waals surface area contributed by atoms with E-state index >= 15 is 0 Å². The fraction of sp³-hybridized carbons (Fsp3) is 0.154. The number of anilines is 1. The molecule has 0 saturated carbocycles. The third-order valence-corrected chi connectivity index (χ3v) is 3.79. The first-order valence-electron chi connectivity index (χ1n) is 5.49. The molecule has 2 aromatic heterocycles. The van der Waals surface area contributed by atoms with Crippen molar-refractivity contribution in [1.82, 2.24) is 4.98 Å². The first-order chi connectivity index (χ1) is 8.69. The molecule has 0 aliphatic rings. The minimum atomic E-state index is 0.591. The second kappa shape index (κ2) is 4.03. The Kier molecular flexibility index (Phi) is 2.48. The molecule has 3 aromatic rings. The number of fused-ring (bicyclic) bond motifs is 1. The lowest BCUT2D eigenvalue weighted by Gasteiger charge is -1.96. The van der Waals surface area contributed by atoms with Crippen LogP contribution < -0.4 is 10.5 Å². The Balaban J connectivity index is 2.22. The second-order valence-electron chi connectivity index (χ2n) is 3.99. The molecule has 2 heterocycles. The topological polar surface area (TPSA) is 61.3 Å². The summed E-state index contributed by atoms with van der Waals surface area (Å²) in [5.41, 5.74) is 8.32. The molecule has 4 nitrogen and oxygen atoms in total. The first-order valence-corrected chi connectivity index (χ1v) is 6.30. The summed E-state index contributed by atoms with van der Waals surface area (Å²) in [6.07, 6.45) is 0. The van der Waals surface area contributed by atoms with Crippen molar-refractivity contribution in [1.29, 1.82) is 0 Å². The molecule has 0 bridgehead atoms. The van der Waals surface area contributed by atoms with Crippen molar-refractivity contribution in [2.24, 2.45) is 0 Å². The summed E-state index contributed by atoms with van der Waals surface area (Å²) >= 11 is 1.48. The predicted molar refractivity (Wildman–Crippen MR) is 73.0 cm³/mol. The summed E-state index contributed by atoms with van der Waals surface area (Å²) in [7, 11) is 1.62. The Labute approximate surface area is 108 Å². The van der Waals surface area contributed by atoms with Gasteiger partial charge < -0.3 is 14.9 Å². The first kappa shape index (κ1) is 11.1. The van der Waals surface area contributed by atoms with Crippen molar-refractivity contribution in [3.63, 3.8) is 0 Å². The summed E-state index contributed by atoms with van der Waals surface area (Å²) in [5, 5.41) is 0.761. The van der Waals surface area contributed by atoms with E-state index in [0.717, 1.165) is 26.5 Å². The Morgan fingerprint density at radius 2 is 2.22 bits per heavy atom. The molecular weight excluding hydrogens is 248 g/mol. The summed E-state index contributed by atoms with van der Waals surface area (Å²) in [5.74, 6) is 1.30. The molecule has 92 valence electrons. The van der Waals surface area contributed by atoms with Crippen LogP contribution in [0.15, 0.2) is 28.7 Å². The van der Waals surface area contributed by atoms with E-state index in [-0.39, 0.29) is 0 Å². The maximum absolute atomic E-state index is 5.79. The number of ether oxygens (including phenoxy) is 1. The molecule has 0 radical (unpaired) electrons. The van der Waals surface area contributed by atoms with Crippen molar-refractivity contribution in [2.45, 2.75) is 6.92 Å². The molecular formula is C13H12N2O2S. The minimum Gasteiger partial charge on any atom is -0.494 e. The number of oxazole rings is 1. The van der Waals surface area contributed by atoms with Gasteiger partial charge in [0.2, 0.25) is 5.89 Å². The maximum Gasteiger partial charge on any atom is 0.237 e. The Hall–Kier alpha value is -2.01. The lowest BCUT2D eigenvalue weighted by molar-refractivity contribution is 0.419. The molecule has 1 aromatic carbocycles. The molecule has 0 spiro atoms. The summed E-state index contributed by atoms with van der Waals surface area (Å²) in [6.45, 7) is 1.99. The molecule has 0 aliphatic heterocycles. The molecule has 0 fully saturated rings. The number of nitrogens with zero attached hydrogens (tertiary/aromatic N) is 1. The maximum atomic E-state index is 5.79. The van der Waals surface area contributed by atoms with Crippen molar-refractivity contribution in [2.75, 3.05) is 12.8 Å². The van der Waals surface area contributed by atoms with Crippen LogP contribution in [0.1, 0.15) is 5.56 Å². The van der Waals surface area contributed by atoms with Gasteiger partial charge >= 0.3 is 0 Å². The van der Waals surface area contributed by atoms with Crippen LogP contribution in [-0.4, -0.2) is 12.1 Å². The number of aryl methyl sites for hydroxylation is 1. The smallest absolute Gasteiger partial charge is 0.237 e. The number of hydrogen-bond donors (Lipinski definition) is 1. The predicted octanol–water partition coefficient (Wildman–Crippen LogP) is 3.46. The molecule has 2 N–H and O–H groups in total. The van der Waals surface area contributed by atoms with E-state index in [0.29, 0.717) is 11.6 Å². The zero-order valence-electron chi connectivity index (χ0n) is 10.1. The fourth-order valence-electron chi connectivity index (χ4n) is 1.90. The van der Waals surface area contributed by atoms with E-state index in [1.807, 2.05) is 31.2 Å². The molecule has 0 aliphatic carbocycles. The van der Waals surface area contributed by atoms with Gasteiger partial charge in [-0.1, -0.05) is 6.07 Å². The van der Waals surface area contributed by atoms with Gasteiger partial charge in [-0.3, -0.25) is 0 Å². The summed E-state index contributed by atoms with van der Waals surface area (Å²) in [6, 6.07) is 7.54. The Bertz CT molecular complexity index is 715. The second-order valence-corrected chi connectivity index (χ2v) is 5.07. The number of hydrogen-bond acceptors (Lipinski definition) is 5. The molecule has 18 heavy (non-hydrogen) atoms. The quantitative estimate of drug-likeness (QED) is 0.766. The monoisotopic (exact) mass is 260 g/mol. The highest BCUT2D eigenvalue weighted by atomic mass is 32.1. The van der Waals surface area contributed by atoms with Crippen LogP contribution in [0.2, 0.25) is 0 Å². The molecule has 0 atom stereocenters. The van der Waals surface area contributed by atoms with Crippen molar-refractivity contribution >= 4 is 27.4 Å². The third-order valence-electron chi connectivity index (χ3n) is 2.73. The zero-order valence-corrected chi connectivity index (χ0v) is 10.9. The Morgan fingerprint density at radius 3 is 2.89 bits per heavy atom. The number of thiophene rings is 1.